The summed E-state index contributed by atoms with van der Waals surface area (Å²) in [6.07, 6.45) is 1.18. The molecule has 138 valence electrons. The Balaban J connectivity index is 1.90. The van der Waals surface area contributed by atoms with E-state index in [9.17, 15) is 9.59 Å². The van der Waals surface area contributed by atoms with Crippen molar-refractivity contribution in [2.45, 2.75) is 39.3 Å². The summed E-state index contributed by atoms with van der Waals surface area (Å²) in [5.74, 6) is -0.109. The SMILES string of the molecule is CCC(C)N(Cc1ccccc1)C(=O)CCNC(=O)c1ccc(Br)cc1. The average Bonchev–Trinajstić information content (AvgIpc) is 2.66. The van der Waals surface area contributed by atoms with Gasteiger partial charge in [0.1, 0.15) is 0 Å². The number of nitrogens with one attached hydrogen (secondary N) is 1. The van der Waals surface area contributed by atoms with Crippen molar-refractivity contribution in [3.8, 4) is 0 Å². The summed E-state index contributed by atoms with van der Waals surface area (Å²) in [6.45, 7) is 5.05. The molecule has 0 saturated heterocycles. The lowest BCUT2D eigenvalue weighted by Gasteiger charge is -2.29. The Morgan fingerprint density at radius 3 is 2.35 bits per heavy atom. The smallest absolute Gasteiger partial charge is 0.251 e. The van der Waals surface area contributed by atoms with E-state index in [2.05, 4.69) is 35.1 Å². The number of halogens is 1. The molecule has 0 saturated carbocycles. The van der Waals surface area contributed by atoms with Gasteiger partial charge in [-0.15, -0.1) is 0 Å². The van der Waals surface area contributed by atoms with Gasteiger partial charge in [-0.1, -0.05) is 53.2 Å². The number of carbonyl (C=O) groups excluding carboxylic acids is 2. The molecule has 1 atom stereocenters. The van der Waals surface area contributed by atoms with E-state index in [1.54, 1.807) is 12.1 Å². The number of carbonyl (C=O) groups is 2. The lowest BCUT2D eigenvalue weighted by Crippen LogP contribution is -2.39. The van der Waals surface area contributed by atoms with Gasteiger partial charge in [0.05, 0.1) is 0 Å². The predicted octanol–water partition coefficient (Wildman–Crippen LogP) is 4.40. The summed E-state index contributed by atoms with van der Waals surface area (Å²) in [5.41, 5.74) is 1.70. The first kappa shape index (κ1) is 20.2. The van der Waals surface area contributed by atoms with E-state index >= 15 is 0 Å². The lowest BCUT2D eigenvalue weighted by atomic mass is 10.1. The maximum absolute atomic E-state index is 12.7. The van der Waals surface area contributed by atoms with E-state index in [0.29, 0.717) is 25.1 Å². The van der Waals surface area contributed by atoms with Gasteiger partial charge in [0.15, 0.2) is 0 Å². The first-order valence-corrected chi connectivity index (χ1v) is 9.67. The van der Waals surface area contributed by atoms with Gasteiger partial charge in [0.25, 0.3) is 5.91 Å². The first-order chi connectivity index (χ1) is 12.5. The zero-order chi connectivity index (χ0) is 18.9. The molecule has 0 heterocycles. The van der Waals surface area contributed by atoms with Crippen LogP contribution in [0.3, 0.4) is 0 Å². The summed E-state index contributed by atoms with van der Waals surface area (Å²) in [6, 6.07) is 17.3. The molecule has 0 bridgehead atoms. The fraction of sp³-hybridized carbons (Fsp3) is 0.333. The minimum atomic E-state index is -0.163. The third-order valence-corrected chi connectivity index (χ3v) is 4.90. The van der Waals surface area contributed by atoms with Gasteiger partial charge in [0.2, 0.25) is 5.91 Å². The Hall–Kier alpha value is -2.14. The second kappa shape index (κ2) is 10.1. The highest BCUT2D eigenvalue weighted by Crippen LogP contribution is 2.13. The number of hydrogen-bond acceptors (Lipinski definition) is 2. The molecule has 0 aromatic heterocycles. The fourth-order valence-corrected chi connectivity index (χ4v) is 2.88. The molecule has 0 aliphatic heterocycles. The van der Waals surface area contributed by atoms with Crippen LogP contribution < -0.4 is 5.32 Å². The first-order valence-electron chi connectivity index (χ1n) is 8.88. The minimum Gasteiger partial charge on any atom is -0.352 e. The van der Waals surface area contributed by atoms with E-state index < -0.39 is 0 Å². The zero-order valence-corrected chi connectivity index (χ0v) is 16.8. The fourth-order valence-electron chi connectivity index (χ4n) is 2.62. The average molecular weight is 417 g/mol. The van der Waals surface area contributed by atoms with E-state index in [-0.39, 0.29) is 17.9 Å². The van der Waals surface area contributed by atoms with Gasteiger partial charge >= 0.3 is 0 Å². The molecule has 1 N–H and O–H groups in total. The van der Waals surface area contributed by atoms with Crippen molar-refractivity contribution in [3.05, 3.63) is 70.2 Å². The van der Waals surface area contributed by atoms with E-state index in [1.165, 1.54) is 0 Å². The molecule has 2 aromatic rings. The molecule has 0 aliphatic carbocycles. The second-order valence-corrected chi connectivity index (χ2v) is 7.19. The van der Waals surface area contributed by atoms with Crippen molar-refractivity contribution in [2.75, 3.05) is 6.54 Å². The quantitative estimate of drug-likeness (QED) is 0.693. The van der Waals surface area contributed by atoms with Crippen molar-refractivity contribution < 1.29 is 9.59 Å². The zero-order valence-electron chi connectivity index (χ0n) is 15.2. The van der Waals surface area contributed by atoms with Crippen LogP contribution in [0.25, 0.3) is 0 Å². The molecular formula is C21H25BrN2O2. The number of rotatable bonds is 8. The highest BCUT2D eigenvalue weighted by Gasteiger charge is 2.19. The second-order valence-electron chi connectivity index (χ2n) is 6.28. The van der Waals surface area contributed by atoms with Crippen molar-refractivity contribution >= 4 is 27.7 Å². The minimum absolute atomic E-state index is 0.0549. The molecule has 0 spiro atoms. The van der Waals surface area contributed by atoms with Gasteiger partial charge in [-0.3, -0.25) is 9.59 Å². The van der Waals surface area contributed by atoms with Gasteiger partial charge in [0, 0.05) is 35.6 Å². The van der Waals surface area contributed by atoms with Crippen LogP contribution in [0.15, 0.2) is 59.1 Å². The van der Waals surface area contributed by atoms with Gasteiger partial charge in [-0.25, -0.2) is 0 Å². The van der Waals surface area contributed by atoms with Crippen molar-refractivity contribution in [1.29, 1.82) is 0 Å². The topological polar surface area (TPSA) is 49.4 Å². The molecule has 1 unspecified atom stereocenters. The van der Waals surface area contributed by atoms with Crippen LogP contribution >= 0.6 is 15.9 Å². The van der Waals surface area contributed by atoms with Crippen LogP contribution in [0.2, 0.25) is 0 Å². The van der Waals surface area contributed by atoms with Crippen molar-refractivity contribution in [2.24, 2.45) is 0 Å². The normalized spacial score (nSPS) is 11.7. The molecule has 0 aliphatic rings. The van der Waals surface area contributed by atoms with E-state index in [0.717, 1.165) is 16.5 Å². The summed E-state index contributed by atoms with van der Waals surface area (Å²) < 4.78 is 0.925. The molecule has 0 radical (unpaired) electrons. The summed E-state index contributed by atoms with van der Waals surface area (Å²) in [7, 11) is 0. The van der Waals surface area contributed by atoms with Crippen molar-refractivity contribution in [3.63, 3.8) is 0 Å². The highest BCUT2D eigenvalue weighted by atomic mass is 79.9. The van der Waals surface area contributed by atoms with Crippen LogP contribution in [-0.2, 0) is 11.3 Å². The molecule has 0 fully saturated rings. The largest absolute Gasteiger partial charge is 0.352 e. The molecule has 2 rings (SSSR count). The van der Waals surface area contributed by atoms with E-state index in [1.807, 2.05) is 47.4 Å². The maximum atomic E-state index is 12.7. The van der Waals surface area contributed by atoms with Gasteiger partial charge < -0.3 is 10.2 Å². The number of nitrogens with zero attached hydrogens (tertiary/aromatic N) is 1. The highest BCUT2D eigenvalue weighted by molar-refractivity contribution is 9.10. The molecular weight excluding hydrogens is 392 g/mol. The van der Waals surface area contributed by atoms with Crippen LogP contribution in [0, 0.1) is 0 Å². The third-order valence-electron chi connectivity index (χ3n) is 4.37. The Kier molecular flexibility index (Phi) is 7.85. The van der Waals surface area contributed by atoms with Crippen LogP contribution in [-0.4, -0.2) is 29.3 Å². The standard InChI is InChI=1S/C21H25BrN2O2/c1-3-16(2)24(15-17-7-5-4-6-8-17)20(25)13-14-23-21(26)18-9-11-19(22)12-10-18/h4-12,16H,3,13-15H2,1-2H3,(H,23,26). The summed E-state index contributed by atoms with van der Waals surface area (Å²) in [4.78, 5) is 26.7. The Bertz CT molecular complexity index is 717. The Morgan fingerprint density at radius 2 is 1.73 bits per heavy atom. The lowest BCUT2D eigenvalue weighted by molar-refractivity contribution is -0.133. The molecule has 2 aromatic carbocycles. The number of hydrogen-bond donors (Lipinski definition) is 1. The molecule has 26 heavy (non-hydrogen) atoms. The predicted molar refractivity (Wildman–Crippen MR) is 108 cm³/mol. The van der Waals surface area contributed by atoms with E-state index in [4.69, 9.17) is 0 Å². The molecule has 4 nitrogen and oxygen atoms in total. The monoisotopic (exact) mass is 416 g/mol. The van der Waals surface area contributed by atoms with Crippen LogP contribution in [0.5, 0.6) is 0 Å². The van der Waals surface area contributed by atoms with Crippen molar-refractivity contribution in [1.82, 2.24) is 10.2 Å². The number of amides is 2. The third kappa shape index (κ3) is 5.99. The molecule has 5 heteroatoms. The van der Waals surface area contributed by atoms with Gasteiger partial charge in [-0.05, 0) is 43.2 Å². The summed E-state index contributed by atoms with van der Waals surface area (Å²) in [5, 5.41) is 2.82. The number of benzene rings is 2. The van der Waals surface area contributed by atoms with Gasteiger partial charge in [-0.2, -0.15) is 0 Å². The Morgan fingerprint density at radius 1 is 1.08 bits per heavy atom. The maximum Gasteiger partial charge on any atom is 0.251 e. The molecule has 2 amide bonds. The summed E-state index contributed by atoms with van der Waals surface area (Å²) >= 11 is 3.35. The Labute approximate surface area is 163 Å². The van der Waals surface area contributed by atoms with Crippen LogP contribution in [0.4, 0.5) is 0 Å². The van der Waals surface area contributed by atoms with Crippen LogP contribution in [0.1, 0.15) is 42.6 Å².